The van der Waals surface area contributed by atoms with Gasteiger partial charge in [0.25, 0.3) is 5.95 Å². The second-order valence-electron chi connectivity index (χ2n) is 7.09. The number of benzene rings is 1. The normalized spacial score (nSPS) is 14.9. The molecule has 1 aliphatic rings. The first-order valence-electron chi connectivity index (χ1n) is 9.70. The van der Waals surface area contributed by atoms with Gasteiger partial charge >= 0.3 is 0 Å². The molecule has 0 spiro atoms. The zero-order valence-corrected chi connectivity index (χ0v) is 17.9. The van der Waals surface area contributed by atoms with Gasteiger partial charge in [-0.25, -0.2) is 14.6 Å². The average Bonchev–Trinajstić information content (AvgIpc) is 3.14. The minimum Gasteiger partial charge on any atom is -0.369 e. The first-order chi connectivity index (χ1) is 14.1. The van der Waals surface area contributed by atoms with Crippen molar-refractivity contribution in [3.05, 3.63) is 64.7 Å². The van der Waals surface area contributed by atoms with Gasteiger partial charge in [-0.2, -0.15) is 5.10 Å². The number of rotatable bonds is 6. The summed E-state index contributed by atoms with van der Waals surface area (Å²) in [6.07, 6.45) is 5.44. The highest BCUT2D eigenvalue weighted by atomic mass is 79.9. The SMILES string of the molecule is Cc1c(C(=O)CCN2CCN(c3cccc(Br)c3)CC2)cnn1-c1ncccn1. The molecule has 1 fully saturated rings. The molecule has 0 aliphatic carbocycles. The molecule has 0 radical (unpaired) electrons. The minimum absolute atomic E-state index is 0.110. The topological polar surface area (TPSA) is 67.2 Å². The highest BCUT2D eigenvalue weighted by molar-refractivity contribution is 9.10. The number of Topliss-reactive ketones (excluding diaryl/α,β-unsaturated/α-hetero) is 1. The van der Waals surface area contributed by atoms with Crippen LogP contribution in [0.15, 0.2) is 53.4 Å². The minimum atomic E-state index is 0.110. The molecule has 0 atom stereocenters. The second-order valence-corrected chi connectivity index (χ2v) is 8.00. The summed E-state index contributed by atoms with van der Waals surface area (Å²) in [5, 5.41) is 4.30. The van der Waals surface area contributed by atoms with E-state index < -0.39 is 0 Å². The Hall–Kier alpha value is -2.58. The third-order valence-corrected chi connectivity index (χ3v) is 5.75. The Bertz CT molecular complexity index is 982. The summed E-state index contributed by atoms with van der Waals surface area (Å²) in [4.78, 5) is 25.9. The molecular formula is C21H23BrN6O. The Morgan fingerprint density at radius 2 is 1.86 bits per heavy atom. The lowest BCUT2D eigenvalue weighted by molar-refractivity contribution is 0.0962. The Morgan fingerprint density at radius 3 is 2.59 bits per heavy atom. The molecular weight excluding hydrogens is 432 g/mol. The number of piperazine rings is 1. The molecule has 1 aromatic carbocycles. The van der Waals surface area contributed by atoms with Gasteiger partial charge in [-0.1, -0.05) is 22.0 Å². The van der Waals surface area contributed by atoms with Gasteiger partial charge in [0.1, 0.15) is 0 Å². The summed E-state index contributed by atoms with van der Waals surface area (Å²) < 4.78 is 2.71. The number of anilines is 1. The Labute approximate surface area is 178 Å². The van der Waals surface area contributed by atoms with Gasteiger partial charge in [-0.3, -0.25) is 9.69 Å². The second kappa shape index (κ2) is 8.84. The lowest BCUT2D eigenvalue weighted by atomic mass is 10.1. The smallest absolute Gasteiger partial charge is 0.250 e. The number of carbonyl (C=O) groups excluding carboxylic acids is 1. The zero-order chi connectivity index (χ0) is 20.2. The van der Waals surface area contributed by atoms with Crippen LogP contribution in [0.5, 0.6) is 0 Å². The van der Waals surface area contributed by atoms with Crippen molar-refractivity contribution in [2.45, 2.75) is 13.3 Å². The number of ketones is 1. The van der Waals surface area contributed by atoms with Crippen LogP contribution in [0.1, 0.15) is 22.5 Å². The number of halogens is 1. The van der Waals surface area contributed by atoms with Gasteiger partial charge in [-0.15, -0.1) is 0 Å². The van der Waals surface area contributed by atoms with Crippen molar-refractivity contribution in [2.75, 3.05) is 37.6 Å². The number of hydrogen-bond donors (Lipinski definition) is 0. The summed E-state index contributed by atoms with van der Waals surface area (Å²) in [5.74, 6) is 0.590. The van der Waals surface area contributed by atoms with E-state index in [1.165, 1.54) is 5.69 Å². The quantitative estimate of drug-likeness (QED) is 0.533. The predicted octanol–water partition coefficient (Wildman–Crippen LogP) is 3.13. The molecule has 0 unspecified atom stereocenters. The third kappa shape index (κ3) is 4.54. The first kappa shape index (κ1) is 19.7. The summed E-state index contributed by atoms with van der Waals surface area (Å²) in [6.45, 7) is 6.48. The maximum atomic E-state index is 12.7. The van der Waals surface area contributed by atoms with Crippen molar-refractivity contribution in [1.82, 2.24) is 24.6 Å². The van der Waals surface area contributed by atoms with E-state index >= 15 is 0 Å². The highest BCUT2D eigenvalue weighted by Gasteiger charge is 2.20. The van der Waals surface area contributed by atoms with E-state index in [0.717, 1.165) is 42.9 Å². The van der Waals surface area contributed by atoms with Crippen LogP contribution >= 0.6 is 15.9 Å². The molecule has 29 heavy (non-hydrogen) atoms. The molecule has 0 amide bonds. The number of carbonyl (C=O) groups is 1. The molecule has 0 N–H and O–H groups in total. The van der Waals surface area contributed by atoms with Crippen molar-refractivity contribution in [1.29, 1.82) is 0 Å². The molecule has 3 heterocycles. The van der Waals surface area contributed by atoms with Crippen molar-refractivity contribution >= 4 is 27.4 Å². The van der Waals surface area contributed by atoms with Crippen molar-refractivity contribution in [3.8, 4) is 5.95 Å². The van der Waals surface area contributed by atoms with Crippen LogP contribution in [-0.2, 0) is 0 Å². The largest absolute Gasteiger partial charge is 0.369 e. The van der Waals surface area contributed by atoms with E-state index in [0.29, 0.717) is 17.9 Å². The lowest BCUT2D eigenvalue weighted by Crippen LogP contribution is -2.46. The van der Waals surface area contributed by atoms with Gasteiger partial charge in [0.2, 0.25) is 0 Å². The van der Waals surface area contributed by atoms with Crippen LogP contribution in [0.25, 0.3) is 5.95 Å². The van der Waals surface area contributed by atoms with Crippen molar-refractivity contribution in [2.24, 2.45) is 0 Å². The van der Waals surface area contributed by atoms with Crippen LogP contribution in [0.2, 0.25) is 0 Å². The molecule has 0 bridgehead atoms. The molecule has 1 saturated heterocycles. The Balaban J connectivity index is 1.31. The van der Waals surface area contributed by atoms with Gasteiger partial charge in [0.15, 0.2) is 5.78 Å². The molecule has 150 valence electrons. The Kier molecular flexibility index (Phi) is 6.01. The molecule has 2 aromatic heterocycles. The zero-order valence-electron chi connectivity index (χ0n) is 16.3. The fraction of sp³-hybridized carbons (Fsp3) is 0.333. The van der Waals surface area contributed by atoms with Gasteiger partial charge in [0.05, 0.1) is 17.5 Å². The Morgan fingerprint density at radius 1 is 1.10 bits per heavy atom. The first-order valence-corrected chi connectivity index (χ1v) is 10.5. The highest BCUT2D eigenvalue weighted by Crippen LogP contribution is 2.21. The maximum absolute atomic E-state index is 12.7. The standard InChI is InChI=1S/C21H23BrN6O/c1-16-19(15-25-28(16)21-23-7-3-8-24-21)20(29)6-9-26-10-12-27(13-11-26)18-5-2-4-17(22)14-18/h2-5,7-8,14-15H,6,9-13H2,1H3. The molecule has 4 rings (SSSR count). The summed E-state index contributed by atoms with van der Waals surface area (Å²) in [5.41, 5.74) is 2.66. The van der Waals surface area contributed by atoms with Crippen molar-refractivity contribution < 1.29 is 4.79 Å². The lowest BCUT2D eigenvalue weighted by Gasteiger charge is -2.36. The van der Waals surface area contributed by atoms with Crippen LogP contribution in [0.4, 0.5) is 5.69 Å². The molecule has 0 saturated carbocycles. The van der Waals surface area contributed by atoms with Gasteiger partial charge in [-0.05, 0) is 31.2 Å². The number of nitrogens with zero attached hydrogens (tertiary/aromatic N) is 6. The average molecular weight is 455 g/mol. The van der Waals surface area contributed by atoms with Gasteiger partial charge < -0.3 is 4.90 Å². The van der Waals surface area contributed by atoms with E-state index in [1.807, 2.05) is 13.0 Å². The molecule has 8 heteroatoms. The fourth-order valence-electron chi connectivity index (χ4n) is 3.58. The predicted molar refractivity (Wildman–Crippen MR) is 116 cm³/mol. The van der Waals surface area contributed by atoms with E-state index in [9.17, 15) is 4.79 Å². The number of hydrogen-bond acceptors (Lipinski definition) is 6. The van der Waals surface area contributed by atoms with E-state index in [1.54, 1.807) is 29.3 Å². The molecule has 1 aliphatic heterocycles. The van der Waals surface area contributed by atoms with E-state index in [4.69, 9.17) is 0 Å². The van der Waals surface area contributed by atoms with E-state index in [-0.39, 0.29) is 5.78 Å². The van der Waals surface area contributed by atoms with Crippen molar-refractivity contribution in [3.63, 3.8) is 0 Å². The van der Waals surface area contributed by atoms with Gasteiger partial charge in [0, 0.05) is 61.7 Å². The third-order valence-electron chi connectivity index (χ3n) is 5.25. The van der Waals surface area contributed by atoms with Crippen LogP contribution in [-0.4, -0.2) is 63.2 Å². The van der Waals surface area contributed by atoms with Crippen LogP contribution < -0.4 is 4.90 Å². The molecule has 7 nitrogen and oxygen atoms in total. The van der Waals surface area contributed by atoms with Crippen LogP contribution in [0, 0.1) is 6.92 Å². The molecule has 3 aromatic rings. The summed E-state index contributed by atoms with van der Waals surface area (Å²) in [6, 6.07) is 10.1. The monoisotopic (exact) mass is 454 g/mol. The fourth-order valence-corrected chi connectivity index (χ4v) is 3.97. The summed E-state index contributed by atoms with van der Waals surface area (Å²) >= 11 is 3.54. The number of aromatic nitrogens is 4. The summed E-state index contributed by atoms with van der Waals surface area (Å²) in [7, 11) is 0. The van der Waals surface area contributed by atoms with E-state index in [2.05, 4.69) is 59.0 Å². The maximum Gasteiger partial charge on any atom is 0.250 e. The van der Waals surface area contributed by atoms with Crippen LogP contribution in [0.3, 0.4) is 0 Å².